The molecule has 1 N–H and O–H groups in total. The predicted octanol–water partition coefficient (Wildman–Crippen LogP) is 5.63. The van der Waals surface area contributed by atoms with Crippen molar-refractivity contribution in [3.63, 3.8) is 0 Å². The molecule has 2 aliphatic rings. The number of anilines is 2. The first-order chi connectivity index (χ1) is 15.5. The molecule has 2 heterocycles. The van der Waals surface area contributed by atoms with Gasteiger partial charge in [0.2, 0.25) is 0 Å². The zero-order valence-corrected chi connectivity index (χ0v) is 19.1. The van der Waals surface area contributed by atoms with Gasteiger partial charge in [-0.2, -0.15) is 0 Å². The van der Waals surface area contributed by atoms with Gasteiger partial charge in [0.15, 0.2) is 4.87 Å². The molecule has 0 saturated carbocycles. The predicted molar refractivity (Wildman–Crippen MR) is 130 cm³/mol. The maximum atomic E-state index is 14.0. The van der Waals surface area contributed by atoms with Crippen LogP contribution in [0, 0.1) is 6.92 Å². The molecule has 3 amide bonds. The summed E-state index contributed by atoms with van der Waals surface area (Å²) in [6, 6.07) is 22.7. The van der Waals surface area contributed by atoms with Crippen molar-refractivity contribution in [1.82, 2.24) is 4.90 Å². The number of nitrogens with one attached hydrogen (secondary N) is 1. The molecule has 3 aromatic rings. The van der Waals surface area contributed by atoms with Crippen molar-refractivity contribution in [3.8, 4) is 0 Å². The number of aryl methyl sites for hydroxylation is 1. The zero-order chi connectivity index (χ0) is 22.3. The van der Waals surface area contributed by atoms with Gasteiger partial charge in [-0.1, -0.05) is 65.7 Å². The lowest BCUT2D eigenvalue weighted by molar-refractivity contribution is -0.123. The smallest absolute Gasteiger partial charge is 0.308 e. The first kappa shape index (κ1) is 20.9. The van der Waals surface area contributed by atoms with Crippen LogP contribution in [0.15, 0.2) is 72.8 Å². The third kappa shape index (κ3) is 3.44. The monoisotopic (exact) mass is 463 g/mol. The number of nitrogens with zero attached hydrogens (tertiary/aromatic N) is 2. The van der Waals surface area contributed by atoms with Crippen LogP contribution in [0.25, 0.3) is 0 Å². The Morgan fingerprint density at radius 1 is 1.09 bits per heavy atom. The minimum Gasteiger partial charge on any atom is -0.308 e. The summed E-state index contributed by atoms with van der Waals surface area (Å²) in [6.07, 6.45) is 0. The fraction of sp³-hybridized carbons (Fsp3) is 0.200. The molecular weight excluding hydrogens is 442 g/mol. The number of fused-ring (bicyclic) bond motifs is 2. The van der Waals surface area contributed by atoms with Crippen LogP contribution in [-0.2, 0) is 16.2 Å². The quantitative estimate of drug-likeness (QED) is 0.547. The zero-order valence-electron chi connectivity index (χ0n) is 17.5. The van der Waals surface area contributed by atoms with Crippen LogP contribution in [0.3, 0.4) is 0 Å². The summed E-state index contributed by atoms with van der Waals surface area (Å²) in [4.78, 5) is 29.7. The summed E-state index contributed by atoms with van der Waals surface area (Å²) in [5, 5.41) is 3.46. The third-order valence-electron chi connectivity index (χ3n) is 5.85. The molecule has 1 fully saturated rings. The van der Waals surface area contributed by atoms with Crippen molar-refractivity contribution in [2.24, 2.45) is 0 Å². The maximum Gasteiger partial charge on any atom is 0.323 e. The van der Waals surface area contributed by atoms with E-state index in [2.05, 4.69) is 11.4 Å². The van der Waals surface area contributed by atoms with Gasteiger partial charge in [0.25, 0.3) is 5.91 Å². The molecule has 7 heteroatoms. The average Bonchev–Trinajstić information content (AvgIpc) is 3.31. The number of thioether (sulfide) groups is 1. The molecule has 5 rings (SSSR count). The van der Waals surface area contributed by atoms with E-state index >= 15 is 0 Å². The van der Waals surface area contributed by atoms with Crippen LogP contribution in [0.5, 0.6) is 0 Å². The number of benzene rings is 3. The van der Waals surface area contributed by atoms with Gasteiger partial charge in [0, 0.05) is 28.6 Å². The van der Waals surface area contributed by atoms with Gasteiger partial charge in [-0.15, -0.1) is 11.8 Å². The van der Waals surface area contributed by atoms with E-state index in [0.29, 0.717) is 29.6 Å². The Labute approximate surface area is 196 Å². The fourth-order valence-electron chi connectivity index (χ4n) is 4.48. The molecule has 3 aromatic carbocycles. The molecule has 1 spiro atoms. The highest BCUT2D eigenvalue weighted by Crippen LogP contribution is 2.54. The first-order valence-corrected chi connectivity index (χ1v) is 11.8. The van der Waals surface area contributed by atoms with Crippen LogP contribution in [0.1, 0.15) is 16.7 Å². The van der Waals surface area contributed by atoms with E-state index in [-0.39, 0.29) is 11.9 Å². The van der Waals surface area contributed by atoms with Crippen LogP contribution < -0.4 is 10.2 Å². The molecule has 0 aliphatic carbocycles. The van der Waals surface area contributed by atoms with E-state index < -0.39 is 4.87 Å². The first-order valence-electron chi connectivity index (χ1n) is 10.4. The molecule has 1 atom stereocenters. The van der Waals surface area contributed by atoms with Crippen LogP contribution in [-0.4, -0.2) is 29.1 Å². The molecule has 0 aromatic heterocycles. The minimum atomic E-state index is -1.07. The Hall–Kier alpha value is -2.96. The number of amides is 3. The van der Waals surface area contributed by atoms with Crippen molar-refractivity contribution in [2.45, 2.75) is 18.3 Å². The summed E-state index contributed by atoms with van der Waals surface area (Å²) in [6.45, 7) is 2.98. The van der Waals surface area contributed by atoms with Gasteiger partial charge >= 0.3 is 6.03 Å². The molecule has 162 valence electrons. The summed E-state index contributed by atoms with van der Waals surface area (Å²) < 4.78 is 0. The Kier molecular flexibility index (Phi) is 5.35. The molecule has 5 nitrogen and oxygen atoms in total. The second-order valence-electron chi connectivity index (χ2n) is 7.98. The van der Waals surface area contributed by atoms with Gasteiger partial charge in [-0.05, 0) is 36.8 Å². The van der Waals surface area contributed by atoms with Crippen molar-refractivity contribution in [1.29, 1.82) is 0 Å². The standard InChI is InChI=1S/C25H22ClN3O2S/c1-17-6-4-7-18(14-17)16-28-22-11-3-2-10-21(22)25(23(28)30)29(12-13-32-25)24(31)27-20-9-5-8-19(26)15-20/h2-11,14-15H,12-13,16H2,1H3,(H,27,31)/t25-/m0/s1. The summed E-state index contributed by atoms with van der Waals surface area (Å²) in [5.41, 5.74) is 4.53. The molecule has 0 radical (unpaired) electrons. The lowest BCUT2D eigenvalue weighted by Gasteiger charge is -2.33. The molecule has 32 heavy (non-hydrogen) atoms. The summed E-state index contributed by atoms with van der Waals surface area (Å²) in [5.74, 6) is 0.602. The van der Waals surface area contributed by atoms with Crippen LogP contribution >= 0.6 is 23.4 Å². The molecule has 1 saturated heterocycles. The number of carbonyl (C=O) groups is 2. The number of rotatable bonds is 3. The van der Waals surface area contributed by atoms with Crippen molar-refractivity contribution >= 4 is 46.7 Å². The van der Waals surface area contributed by atoms with E-state index in [0.717, 1.165) is 22.4 Å². The number of halogens is 1. The Balaban J connectivity index is 1.51. The molecule has 0 bridgehead atoms. The normalized spacial score (nSPS) is 19.5. The van der Waals surface area contributed by atoms with Gasteiger partial charge in [0.05, 0.1) is 12.2 Å². The third-order valence-corrected chi connectivity index (χ3v) is 7.50. The Morgan fingerprint density at radius 2 is 1.91 bits per heavy atom. The number of para-hydroxylation sites is 1. The van der Waals surface area contributed by atoms with E-state index in [9.17, 15) is 9.59 Å². The van der Waals surface area contributed by atoms with Gasteiger partial charge < -0.3 is 10.2 Å². The number of hydrogen-bond donors (Lipinski definition) is 1. The van der Waals surface area contributed by atoms with Crippen molar-refractivity contribution in [3.05, 3.63) is 94.5 Å². The van der Waals surface area contributed by atoms with Crippen LogP contribution in [0.4, 0.5) is 16.2 Å². The van der Waals surface area contributed by atoms with Crippen molar-refractivity contribution < 1.29 is 9.59 Å². The highest BCUT2D eigenvalue weighted by molar-refractivity contribution is 8.01. The number of urea groups is 1. The summed E-state index contributed by atoms with van der Waals surface area (Å²) >= 11 is 7.59. The van der Waals surface area contributed by atoms with Gasteiger partial charge in [0.1, 0.15) is 0 Å². The minimum absolute atomic E-state index is 0.0797. The Morgan fingerprint density at radius 3 is 2.72 bits per heavy atom. The SMILES string of the molecule is Cc1cccc(CN2C(=O)[C@@]3(SCCN3C(=O)Nc3cccc(Cl)c3)c3ccccc32)c1. The van der Waals surface area contributed by atoms with Gasteiger partial charge in [-0.25, -0.2) is 4.79 Å². The number of hydrogen-bond acceptors (Lipinski definition) is 3. The topological polar surface area (TPSA) is 52.7 Å². The van der Waals surface area contributed by atoms with E-state index in [4.69, 9.17) is 11.6 Å². The van der Waals surface area contributed by atoms with Crippen molar-refractivity contribution in [2.75, 3.05) is 22.5 Å². The van der Waals surface area contributed by atoms with E-state index in [1.165, 1.54) is 11.8 Å². The highest BCUT2D eigenvalue weighted by Gasteiger charge is 2.59. The van der Waals surface area contributed by atoms with Gasteiger partial charge in [-0.3, -0.25) is 9.69 Å². The van der Waals surface area contributed by atoms with E-state index in [1.54, 1.807) is 29.2 Å². The molecule has 2 aliphatic heterocycles. The largest absolute Gasteiger partial charge is 0.323 e. The summed E-state index contributed by atoms with van der Waals surface area (Å²) in [7, 11) is 0. The second-order valence-corrected chi connectivity index (χ2v) is 9.71. The second kappa shape index (κ2) is 8.19. The fourth-order valence-corrected chi connectivity index (χ4v) is 6.13. The molecular formula is C25H22ClN3O2S. The average molecular weight is 464 g/mol. The van der Waals surface area contributed by atoms with E-state index in [1.807, 2.05) is 54.3 Å². The lowest BCUT2D eigenvalue weighted by atomic mass is 10.1. The van der Waals surface area contributed by atoms with Crippen LogP contribution in [0.2, 0.25) is 5.02 Å². The maximum absolute atomic E-state index is 14.0. The lowest BCUT2D eigenvalue weighted by Crippen LogP contribution is -2.51. The highest BCUT2D eigenvalue weighted by atomic mass is 35.5. The number of carbonyl (C=O) groups excluding carboxylic acids is 2. The Bertz CT molecular complexity index is 1220. The molecule has 0 unspecified atom stereocenters.